The maximum atomic E-state index is 13.2. The lowest BCUT2D eigenvalue weighted by Crippen LogP contribution is -2.59. The zero-order valence-electron chi connectivity index (χ0n) is 44.6. The number of aliphatic hydroxyl groups is 2. The molecule has 4 rings (SSSR count). The van der Waals surface area contributed by atoms with Gasteiger partial charge in [0.15, 0.2) is 12.2 Å². The summed E-state index contributed by atoms with van der Waals surface area (Å²) in [6, 6.07) is 36.0. The standard InChI is InChI=1S/2C28H37N3O6/c2*1-27(2,25(35)31(5)6)30-24(34)22(18-20-15-11-8-12-16-20)37-26(36)28(3,4)29-23(33)21(32)17-19-13-9-7-10-14-19/h2*7-16,21-22,32H,17-18H2,1-6H3,(H,29,33)(H,30,34)/t2*21-,22-/m00/s1. The van der Waals surface area contributed by atoms with E-state index in [0.29, 0.717) is 0 Å². The number of esters is 2. The highest BCUT2D eigenvalue weighted by Crippen LogP contribution is 2.18. The molecule has 0 aromatic heterocycles. The van der Waals surface area contributed by atoms with E-state index in [4.69, 9.17) is 9.47 Å². The van der Waals surface area contributed by atoms with E-state index >= 15 is 0 Å². The smallest absolute Gasteiger partial charge is 0.332 e. The Labute approximate surface area is 434 Å². The first kappa shape index (κ1) is 60.9. The van der Waals surface area contributed by atoms with Crippen molar-refractivity contribution in [3.05, 3.63) is 144 Å². The Morgan fingerprint density at radius 2 is 0.622 bits per heavy atom. The number of likely N-dealkylation sites (N-methyl/N-ethyl adjacent to an activating group) is 2. The molecule has 0 spiro atoms. The molecule has 400 valence electrons. The molecule has 0 bridgehead atoms. The fourth-order valence-corrected chi connectivity index (χ4v) is 7.33. The lowest BCUT2D eigenvalue weighted by Gasteiger charge is -2.31. The maximum absolute atomic E-state index is 13.2. The van der Waals surface area contributed by atoms with Crippen molar-refractivity contribution in [2.24, 2.45) is 0 Å². The number of carbonyl (C=O) groups excluding carboxylic acids is 8. The molecule has 6 N–H and O–H groups in total. The number of carbonyl (C=O) groups is 8. The van der Waals surface area contributed by atoms with E-state index in [0.717, 1.165) is 22.3 Å². The SMILES string of the molecule is CN(C)C(=O)C(C)(C)NC(=O)[C@H](Cc1ccccc1)OC(=O)C(C)(C)NC(=O)[C@@H](O)Cc1ccccc1.CN(C)C(=O)C(C)(C)NC(=O)[C@H](Cc1ccccc1)OC(=O)C(C)(C)NC(=O)[C@@H](O)Cc1ccccc1. The molecule has 0 fully saturated rings. The van der Waals surface area contributed by atoms with Crippen LogP contribution in [0.2, 0.25) is 0 Å². The van der Waals surface area contributed by atoms with Crippen LogP contribution in [0.25, 0.3) is 0 Å². The summed E-state index contributed by atoms with van der Waals surface area (Å²) in [5.41, 5.74) is -2.56. The fourth-order valence-electron chi connectivity index (χ4n) is 7.33. The van der Waals surface area contributed by atoms with Crippen LogP contribution in [0.1, 0.15) is 77.6 Å². The molecule has 0 aliphatic carbocycles. The van der Waals surface area contributed by atoms with Gasteiger partial charge in [0.2, 0.25) is 23.6 Å². The summed E-state index contributed by atoms with van der Waals surface area (Å²) in [6.45, 7) is 12.0. The molecule has 0 saturated carbocycles. The summed E-state index contributed by atoms with van der Waals surface area (Å²) in [5.74, 6) is -5.16. The van der Waals surface area contributed by atoms with Gasteiger partial charge in [-0.05, 0) is 77.6 Å². The topological polar surface area (TPSA) is 250 Å². The van der Waals surface area contributed by atoms with Crippen LogP contribution in [0.5, 0.6) is 0 Å². The molecule has 4 atom stereocenters. The van der Waals surface area contributed by atoms with Gasteiger partial charge in [0.25, 0.3) is 11.8 Å². The first-order chi connectivity index (χ1) is 34.4. The van der Waals surface area contributed by atoms with E-state index in [1.165, 1.54) is 37.5 Å². The Bertz CT molecular complexity index is 2340. The molecule has 4 aromatic rings. The number of benzene rings is 4. The van der Waals surface area contributed by atoms with E-state index in [1.54, 1.807) is 153 Å². The molecule has 0 unspecified atom stereocenters. The highest BCUT2D eigenvalue weighted by Gasteiger charge is 2.41. The second-order valence-electron chi connectivity index (χ2n) is 20.4. The lowest BCUT2D eigenvalue weighted by molar-refractivity contribution is -0.163. The molecule has 4 aromatic carbocycles. The Balaban J connectivity index is 0.000000390. The van der Waals surface area contributed by atoms with E-state index in [2.05, 4.69) is 21.3 Å². The Kier molecular flexibility index (Phi) is 22.2. The van der Waals surface area contributed by atoms with Gasteiger partial charge in [-0.3, -0.25) is 28.8 Å². The number of aliphatic hydroxyl groups excluding tert-OH is 2. The van der Waals surface area contributed by atoms with Crippen molar-refractivity contribution in [1.82, 2.24) is 31.1 Å². The van der Waals surface area contributed by atoms with Crippen LogP contribution < -0.4 is 21.3 Å². The van der Waals surface area contributed by atoms with E-state index in [1.807, 2.05) is 24.3 Å². The molecule has 0 aliphatic heterocycles. The Morgan fingerprint density at radius 1 is 0.392 bits per heavy atom. The number of amides is 6. The largest absolute Gasteiger partial charge is 0.450 e. The van der Waals surface area contributed by atoms with Gasteiger partial charge in [-0.15, -0.1) is 0 Å². The second-order valence-corrected chi connectivity index (χ2v) is 20.4. The number of ether oxygens (including phenoxy) is 2. The first-order valence-electron chi connectivity index (χ1n) is 24.1. The van der Waals surface area contributed by atoms with Crippen LogP contribution in [0.4, 0.5) is 0 Å². The monoisotopic (exact) mass is 1020 g/mol. The van der Waals surface area contributed by atoms with Crippen molar-refractivity contribution in [3.63, 3.8) is 0 Å². The van der Waals surface area contributed by atoms with Crippen LogP contribution >= 0.6 is 0 Å². The van der Waals surface area contributed by atoms with Gasteiger partial charge in [0.1, 0.15) is 34.4 Å². The third kappa shape index (κ3) is 19.2. The molecule has 74 heavy (non-hydrogen) atoms. The first-order valence-corrected chi connectivity index (χ1v) is 24.1. The number of hydrogen-bond donors (Lipinski definition) is 6. The van der Waals surface area contributed by atoms with Crippen LogP contribution in [-0.4, -0.2) is 142 Å². The average molecular weight is 1020 g/mol. The zero-order valence-corrected chi connectivity index (χ0v) is 44.6. The van der Waals surface area contributed by atoms with Crippen LogP contribution in [0.3, 0.4) is 0 Å². The third-order valence-electron chi connectivity index (χ3n) is 11.4. The normalized spacial score (nSPS) is 13.2. The summed E-state index contributed by atoms with van der Waals surface area (Å²) in [6.07, 6.45) is -5.02. The lowest BCUT2D eigenvalue weighted by atomic mass is 10.0. The molecule has 0 heterocycles. The third-order valence-corrected chi connectivity index (χ3v) is 11.4. The zero-order chi connectivity index (χ0) is 55.6. The van der Waals surface area contributed by atoms with Gasteiger partial charge in [0.05, 0.1) is 0 Å². The Hall–Kier alpha value is -7.44. The fraction of sp³-hybridized carbons (Fsp3) is 0.429. The molecule has 18 heteroatoms. The summed E-state index contributed by atoms with van der Waals surface area (Å²) in [5, 5.41) is 31.0. The van der Waals surface area contributed by atoms with Crippen LogP contribution in [0, 0.1) is 0 Å². The van der Waals surface area contributed by atoms with E-state index in [-0.39, 0.29) is 37.5 Å². The molecule has 6 amide bonds. The van der Waals surface area contributed by atoms with Gasteiger partial charge in [-0.25, -0.2) is 9.59 Å². The predicted octanol–water partition coefficient (Wildman–Crippen LogP) is 3.24. The van der Waals surface area contributed by atoms with E-state index in [9.17, 15) is 48.6 Å². The number of rotatable bonds is 22. The van der Waals surface area contributed by atoms with Crippen LogP contribution in [0.15, 0.2) is 121 Å². The molecule has 0 saturated heterocycles. The predicted molar refractivity (Wildman–Crippen MR) is 279 cm³/mol. The van der Waals surface area contributed by atoms with Crippen molar-refractivity contribution < 1.29 is 58.0 Å². The molecule has 0 radical (unpaired) electrons. The van der Waals surface area contributed by atoms with Crippen molar-refractivity contribution >= 4 is 47.4 Å². The highest BCUT2D eigenvalue weighted by molar-refractivity contribution is 5.96. The van der Waals surface area contributed by atoms with Crippen molar-refractivity contribution in [2.45, 2.75) is 128 Å². The van der Waals surface area contributed by atoms with Crippen molar-refractivity contribution in [3.8, 4) is 0 Å². The minimum atomic E-state index is -1.54. The second kappa shape index (κ2) is 27.0. The van der Waals surface area contributed by atoms with Crippen molar-refractivity contribution in [1.29, 1.82) is 0 Å². The number of hydrogen-bond acceptors (Lipinski definition) is 12. The van der Waals surface area contributed by atoms with Gasteiger partial charge in [0, 0.05) is 53.9 Å². The highest BCUT2D eigenvalue weighted by atomic mass is 16.6. The average Bonchev–Trinajstić information content (AvgIpc) is 3.33. The van der Waals surface area contributed by atoms with Gasteiger partial charge in [-0.2, -0.15) is 0 Å². The van der Waals surface area contributed by atoms with Crippen LogP contribution in [-0.2, 0) is 73.5 Å². The summed E-state index contributed by atoms with van der Waals surface area (Å²) < 4.78 is 11.2. The maximum Gasteiger partial charge on any atom is 0.332 e. The van der Waals surface area contributed by atoms with Gasteiger partial charge < -0.3 is 50.8 Å². The Morgan fingerprint density at radius 3 is 0.865 bits per heavy atom. The van der Waals surface area contributed by atoms with Gasteiger partial charge >= 0.3 is 11.9 Å². The number of nitrogens with one attached hydrogen (secondary N) is 4. The summed E-state index contributed by atoms with van der Waals surface area (Å²) in [4.78, 5) is 106. The van der Waals surface area contributed by atoms with E-state index < -0.39 is 82.1 Å². The molecular formula is C56H74N6O12. The minimum Gasteiger partial charge on any atom is -0.450 e. The quantitative estimate of drug-likeness (QED) is 0.0622. The molecule has 0 aliphatic rings. The van der Waals surface area contributed by atoms with Crippen molar-refractivity contribution in [2.75, 3.05) is 28.2 Å². The summed E-state index contributed by atoms with van der Waals surface area (Å²) in [7, 11) is 6.31. The molecule has 18 nitrogen and oxygen atoms in total. The summed E-state index contributed by atoms with van der Waals surface area (Å²) >= 11 is 0. The van der Waals surface area contributed by atoms with Gasteiger partial charge in [-0.1, -0.05) is 121 Å². The minimum absolute atomic E-state index is 0.0608. The number of nitrogens with zero attached hydrogens (tertiary/aromatic N) is 2. The molecular weight excluding hydrogens is 949 g/mol.